The Labute approximate surface area is 112 Å². The molecule has 0 aliphatic rings. The van der Waals surface area contributed by atoms with Crippen LogP contribution in [0.5, 0.6) is 0 Å². The maximum atomic E-state index is 11.6. The van der Waals surface area contributed by atoms with Crippen molar-refractivity contribution in [3.8, 4) is 6.07 Å². The Kier molecular flexibility index (Phi) is 9.84. The van der Waals surface area contributed by atoms with Crippen LogP contribution in [0.3, 0.4) is 0 Å². The fourth-order valence-corrected chi connectivity index (χ4v) is 1.07. The predicted octanol–water partition coefficient (Wildman–Crippen LogP) is -0.301. The molecule has 0 saturated heterocycles. The van der Waals surface area contributed by atoms with Gasteiger partial charge in [-0.3, -0.25) is 9.59 Å². The first-order valence-corrected chi connectivity index (χ1v) is 5.92. The van der Waals surface area contributed by atoms with E-state index in [9.17, 15) is 9.59 Å². The number of rotatable bonds is 9. The summed E-state index contributed by atoms with van der Waals surface area (Å²) >= 11 is 0. The minimum absolute atomic E-state index is 0.0969. The van der Waals surface area contributed by atoms with E-state index in [-0.39, 0.29) is 12.1 Å². The molecule has 0 aromatic heterocycles. The first-order chi connectivity index (χ1) is 9.15. The molecule has 0 atom stereocenters. The molecule has 0 aliphatic heterocycles. The molecule has 106 valence electrons. The highest BCUT2D eigenvalue weighted by atomic mass is 16.5. The van der Waals surface area contributed by atoms with Crippen LogP contribution >= 0.6 is 0 Å². The van der Waals surface area contributed by atoms with Crippen LogP contribution in [-0.2, 0) is 19.1 Å². The molecule has 0 aliphatic carbocycles. The number of esters is 1. The fraction of sp³-hybridized carbons (Fsp3) is 0.583. The van der Waals surface area contributed by atoms with Crippen molar-refractivity contribution in [3.05, 3.63) is 11.8 Å². The third-order valence-electron chi connectivity index (χ3n) is 2.04. The zero-order chi connectivity index (χ0) is 14.5. The predicted molar refractivity (Wildman–Crippen MR) is 67.8 cm³/mol. The average Bonchev–Trinajstić information content (AvgIpc) is 2.42. The van der Waals surface area contributed by atoms with Crippen LogP contribution in [0.4, 0.5) is 0 Å². The molecule has 2 N–H and O–H groups in total. The number of carbonyl (C=O) groups excluding carboxylic acids is 2. The molecular weight excluding hydrogens is 250 g/mol. The van der Waals surface area contributed by atoms with Crippen molar-refractivity contribution in [3.63, 3.8) is 0 Å². The van der Waals surface area contributed by atoms with Crippen molar-refractivity contribution in [2.75, 3.05) is 33.4 Å². The highest BCUT2D eigenvalue weighted by Gasteiger charge is 2.08. The third kappa shape index (κ3) is 8.63. The molecule has 0 fully saturated rings. The van der Waals surface area contributed by atoms with Crippen molar-refractivity contribution in [1.29, 1.82) is 5.26 Å². The van der Waals surface area contributed by atoms with Crippen LogP contribution in [0.15, 0.2) is 11.8 Å². The van der Waals surface area contributed by atoms with E-state index in [1.165, 1.54) is 13.3 Å². The highest BCUT2D eigenvalue weighted by molar-refractivity contribution is 5.97. The Morgan fingerprint density at radius 3 is 2.74 bits per heavy atom. The number of amides is 1. The topological polar surface area (TPSA) is 100 Å². The van der Waals surface area contributed by atoms with Crippen molar-refractivity contribution >= 4 is 11.9 Å². The minimum Gasteiger partial charge on any atom is -0.468 e. The standard InChI is InChI=1S/C12H19N3O4/c1-3-19-6-4-5-15-12(17)10(7-13)8-14-9-11(16)18-2/h8,14H,3-6,9H2,1-2H3,(H,15,17)/b10-8-. The number of hydrogen-bond acceptors (Lipinski definition) is 6. The quantitative estimate of drug-likeness (QED) is 0.258. The normalized spacial score (nSPS) is 10.5. The van der Waals surface area contributed by atoms with Crippen LogP contribution in [0.1, 0.15) is 13.3 Å². The molecule has 0 spiro atoms. The van der Waals surface area contributed by atoms with Crippen LogP contribution in [0.25, 0.3) is 0 Å². The van der Waals surface area contributed by atoms with Crippen molar-refractivity contribution in [2.45, 2.75) is 13.3 Å². The fourth-order valence-electron chi connectivity index (χ4n) is 1.07. The van der Waals surface area contributed by atoms with Gasteiger partial charge in [-0.25, -0.2) is 0 Å². The SMILES string of the molecule is CCOCCCNC(=O)/C(C#N)=C\NCC(=O)OC. The summed E-state index contributed by atoms with van der Waals surface area (Å²) in [5.74, 6) is -0.970. The molecule has 0 bridgehead atoms. The van der Waals surface area contributed by atoms with Crippen molar-refractivity contribution in [2.24, 2.45) is 0 Å². The highest BCUT2D eigenvalue weighted by Crippen LogP contribution is 1.91. The van der Waals surface area contributed by atoms with E-state index in [4.69, 9.17) is 10.00 Å². The summed E-state index contributed by atoms with van der Waals surface area (Å²) < 4.78 is 9.51. The van der Waals surface area contributed by atoms with Crippen LogP contribution < -0.4 is 10.6 Å². The summed E-state index contributed by atoms with van der Waals surface area (Å²) in [6.07, 6.45) is 1.86. The number of nitrogens with zero attached hydrogens (tertiary/aromatic N) is 1. The summed E-state index contributed by atoms with van der Waals surface area (Å²) in [6, 6.07) is 1.75. The van der Waals surface area contributed by atoms with Gasteiger partial charge in [-0.1, -0.05) is 0 Å². The van der Waals surface area contributed by atoms with E-state index in [1.807, 2.05) is 6.92 Å². The van der Waals surface area contributed by atoms with E-state index in [1.54, 1.807) is 6.07 Å². The van der Waals surface area contributed by atoms with Crippen LogP contribution in [0.2, 0.25) is 0 Å². The van der Waals surface area contributed by atoms with E-state index >= 15 is 0 Å². The molecule has 19 heavy (non-hydrogen) atoms. The minimum atomic E-state index is -0.489. The lowest BCUT2D eigenvalue weighted by Crippen LogP contribution is -2.28. The van der Waals surface area contributed by atoms with Gasteiger partial charge in [-0.2, -0.15) is 5.26 Å². The lowest BCUT2D eigenvalue weighted by atomic mass is 10.3. The molecule has 7 nitrogen and oxygen atoms in total. The maximum absolute atomic E-state index is 11.6. The number of carbonyl (C=O) groups is 2. The molecule has 7 heteroatoms. The lowest BCUT2D eigenvalue weighted by Gasteiger charge is -2.05. The molecular formula is C12H19N3O4. The number of hydrogen-bond donors (Lipinski definition) is 2. The molecule has 0 saturated carbocycles. The molecule has 0 aromatic carbocycles. The van der Waals surface area contributed by atoms with Gasteiger partial charge >= 0.3 is 5.97 Å². The van der Waals surface area contributed by atoms with E-state index < -0.39 is 11.9 Å². The monoisotopic (exact) mass is 269 g/mol. The largest absolute Gasteiger partial charge is 0.468 e. The molecule has 0 radical (unpaired) electrons. The van der Waals surface area contributed by atoms with Gasteiger partial charge in [0.25, 0.3) is 5.91 Å². The first-order valence-electron chi connectivity index (χ1n) is 5.92. The van der Waals surface area contributed by atoms with Crippen molar-refractivity contribution < 1.29 is 19.1 Å². The Bertz CT molecular complexity index is 360. The average molecular weight is 269 g/mol. The van der Waals surface area contributed by atoms with Gasteiger partial charge in [0.05, 0.1) is 7.11 Å². The van der Waals surface area contributed by atoms with E-state index in [0.29, 0.717) is 26.2 Å². The Morgan fingerprint density at radius 1 is 1.42 bits per heavy atom. The third-order valence-corrected chi connectivity index (χ3v) is 2.04. The number of nitrogens with one attached hydrogen (secondary N) is 2. The van der Waals surface area contributed by atoms with Gasteiger partial charge in [0.15, 0.2) is 0 Å². The molecule has 0 unspecified atom stereocenters. The zero-order valence-corrected chi connectivity index (χ0v) is 11.2. The number of nitriles is 1. The second-order valence-corrected chi connectivity index (χ2v) is 3.43. The first kappa shape index (κ1) is 16.9. The van der Waals surface area contributed by atoms with Crippen LogP contribution in [-0.4, -0.2) is 45.3 Å². The molecule has 1 amide bonds. The second kappa shape index (κ2) is 11.0. The van der Waals surface area contributed by atoms with Gasteiger partial charge in [0.1, 0.15) is 18.2 Å². The van der Waals surface area contributed by atoms with Gasteiger partial charge in [-0.15, -0.1) is 0 Å². The lowest BCUT2D eigenvalue weighted by molar-refractivity contribution is -0.139. The Morgan fingerprint density at radius 2 is 2.16 bits per heavy atom. The van der Waals surface area contributed by atoms with Gasteiger partial charge in [0.2, 0.25) is 0 Å². The molecule has 0 aromatic rings. The van der Waals surface area contributed by atoms with E-state index in [0.717, 1.165) is 0 Å². The van der Waals surface area contributed by atoms with Gasteiger partial charge < -0.3 is 20.1 Å². The molecule has 0 rings (SSSR count). The van der Waals surface area contributed by atoms with Gasteiger partial charge in [-0.05, 0) is 13.3 Å². The summed E-state index contributed by atoms with van der Waals surface area (Å²) in [4.78, 5) is 22.4. The smallest absolute Gasteiger partial charge is 0.325 e. The summed E-state index contributed by atoms with van der Waals surface area (Å²) in [6.45, 7) is 3.41. The maximum Gasteiger partial charge on any atom is 0.325 e. The number of methoxy groups -OCH3 is 1. The van der Waals surface area contributed by atoms with E-state index in [2.05, 4.69) is 15.4 Å². The zero-order valence-electron chi connectivity index (χ0n) is 11.2. The summed E-state index contributed by atoms with van der Waals surface area (Å²) in [5, 5.41) is 13.9. The number of ether oxygens (including phenoxy) is 2. The van der Waals surface area contributed by atoms with Crippen LogP contribution in [0, 0.1) is 11.3 Å². The Hall–Kier alpha value is -2.07. The second-order valence-electron chi connectivity index (χ2n) is 3.43. The summed E-state index contributed by atoms with van der Waals surface area (Å²) in [7, 11) is 1.25. The van der Waals surface area contributed by atoms with Gasteiger partial charge in [0, 0.05) is 26.0 Å². The molecule has 0 heterocycles. The Balaban J connectivity index is 4.00. The van der Waals surface area contributed by atoms with Crippen molar-refractivity contribution in [1.82, 2.24) is 10.6 Å². The summed E-state index contributed by atoms with van der Waals surface area (Å²) in [5.41, 5.74) is -0.0969.